The van der Waals surface area contributed by atoms with Crippen LogP contribution < -0.4 is 10.6 Å². The number of amides is 2. The van der Waals surface area contributed by atoms with Crippen LogP contribution in [0.25, 0.3) is 21.7 Å². The second kappa shape index (κ2) is 8.39. The number of carbonyl (C=O) groups is 1. The maximum absolute atomic E-state index is 12.6. The molecule has 0 unspecified atom stereocenters. The molecule has 4 rings (SSSR count). The van der Waals surface area contributed by atoms with Gasteiger partial charge < -0.3 is 19.8 Å². The number of pyridine rings is 1. The van der Waals surface area contributed by atoms with Gasteiger partial charge in [-0.15, -0.1) is 0 Å². The van der Waals surface area contributed by atoms with E-state index in [0.29, 0.717) is 27.7 Å². The molecule has 0 spiro atoms. The summed E-state index contributed by atoms with van der Waals surface area (Å²) in [5.41, 5.74) is 3.25. The predicted octanol–water partition coefficient (Wildman–Crippen LogP) is 5.66. The molecule has 2 amide bonds. The molecule has 0 bridgehead atoms. The fourth-order valence-electron chi connectivity index (χ4n) is 3.05. The number of nitrogens with zero attached hydrogens (tertiary/aromatic N) is 3. The van der Waals surface area contributed by atoms with Crippen LogP contribution in [0.1, 0.15) is 23.6 Å². The number of thiazole rings is 1. The summed E-state index contributed by atoms with van der Waals surface area (Å²) in [5, 5.41) is 6.94. The first kappa shape index (κ1) is 20.3. The number of methoxy groups -OCH3 is 1. The predicted molar refractivity (Wildman–Crippen MR) is 117 cm³/mol. The summed E-state index contributed by atoms with van der Waals surface area (Å²) >= 11 is 7.82. The molecule has 0 saturated carbocycles. The van der Waals surface area contributed by atoms with Crippen LogP contribution >= 0.6 is 22.9 Å². The van der Waals surface area contributed by atoms with E-state index < -0.39 is 6.03 Å². The third-order valence-electron chi connectivity index (χ3n) is 4.51. The number of halogens is 1. The standard InChI is InChI=1S/C20H18ClN5O3S/c1-10(28-3)17-15(7-23-19-18(17)24-11(2)30-19)26-20(27)25-12-4-5-13(14(21)6-12)16-8-22-9-29-16/h4-10H,1-3H3,(H2,25,26,27)/t10-/m1/s1. The number of anilines is 2. The molecule has 1 aromatic carbocycles. The third-order valence-corrected chi connectivity index (χ3v) is 5.70. The molecule has 3 heterocycles. The lowest BCUT2D eigenvalue weighted by molar-refractivity contribution is 0.121. The molecule has 0 saturated heterocycles. The quantitative estimate of drug-likeness (QED) is 0.412. The van der Waals surface area contributed by atoms with Gasteiger partial charge >= 0.3 is 6.03 Å². The zero-order chi connectivity index (χ0) is 21.3. The summed E-state index contributed by atoms with van der Waals surface area (Å²) in [7, 11) is 1.61. The van der Waals surface area contributed by atoms with Gasteiger partial charge in [-0.1, -0.05) is 22.9 Å². The summed E-state index contributed by atoms with van der Waals surface area (Å²) < 4.78 is 10.8. The number of hydrogen-bond donors (Lipinski definition) is 2. The molecule has 0 aliphatic carbocycles. The van der Waals surface area contributed by atoms with E-state index in [9.17, 15) is 4.79 Å². The van der Waals surface area contributed by atoms with Crippen molar-refractivity contribution in [1.29, 1.82) is 0 Å². The molecular weight excluding hydrogens is 426 g/mol. The van der Waals surface area contributed by atoms with E-state index in [0.717, 1.165) is 20.9 Å². The van der Waals surface area contributed by atoms with Crippen molar-refractivity contribution in [2.45, 2.75) is 20.0 Å². The Kier molecular flexibility index (Phi) is 5.67. The van der Waals surface area contributed by atoms with Crippen molar-refractivity contribution in [3.05, 3.63) is 52.6 Å². The van der Waals surface area contributed by atoms with Gasteiger partial charge in [0.15, 0.2) is 12.2 Å². The van der Waals surface area contributed by atoms with Gasteiger partial charge in [0, 0.05) is 23.9 Å². The highest BCUT2D eigenvalue weighted by molar-refractivity contribution is 7.18. The molecule has 1 atom stereocenters. The number of fused-ring (bicyclic) bond motifs is 1. The second-order valence-corrected chi connectivity index (χ2v) is 8.08. The molecule has 30 heavy (non-hydrogen) atoms. The Labute approximate surface area is 181 Å². The van der Waals surface area contributed by atoms with Gasteiger partial charge in [-0.3, -0.25) is 0 Å². The summed E-state index contributed by atoms with van der Waals surface area (Å²) in [6.07, 6.45) is 4.24. The minimum Gasteiger partial charge on any atom is -0.443 e. The average molecular weight is 444 g/mol. The molecule has 0 fully saturated rings. The highest BCUT2D eigenvalue weighted by Gasteiger charge is 2.20. The number of aromatic nitrogens is 3. The fourth-order valence-corrected chi connectivity index (χ4v) is 4.10. The van der Waals surface area contributed by atoms with Gasteiger partial charge in [-0.25, -0.2) is 19.7 Å². The molecule has 4 aromatic rings. The second-order valence-electron chi connectivity index (χ2n) is 6.49. The molecular formula is C20H18ClN5O3S. The lowest BCUT2D eigenvalue weighted by Crippen LogP contribution is -2.21. The van der Waals surface area contributed by atoms with Crippen molar-refractivity contribution in [2.75, 3.05) is 17.7 Å². The minimum atomic E-state index is -0.434. The summed E-state index contributed by atoms with van der Waals surface area (Å²) in [5.74, 6) is 0.548. The molecule has 8 nitrogen and oxygen atoms in total. The van der Waals surface area contributed by atoms with E-state index in [2.05, 4.69) is 25.6 Å². The molecule has 0 radical (unpaired) electrons. The monoisotopic (exact) mass is 443 g/mol. The van der Waals surface area contributed by atoms with Crippen molar-refractivity contribution in [3.63, 3.8) is 0 Å². The van der Waals surface area contributed by atoms with Crippen molar-refractivity contribution in [1.82, 2.24) is 15.0 Å². The summed E-state index contributed by atoms with van der Waals surface area (Å²) in [4.78, 5) is 26.3. The van der Waals surface area contributed by atoms with E-state index in [1.54, 1.807) is 37.7 Å². The van der Waals surface area contributed by atoms with Crippen molar-refractivity contribution in [2.24, 2.45) is 0 Å². The zero-order valence-electron chi connectivity index (χ0n) is 16.4. The molecule has 154 valence electrons. The SMILES string of the molecule is CO[C@H](C)c1c(NC(=O)Nc2ccc(-c3cnco3)c(Cl)c2)cnc2sc(C)nc12. The zero-order valence-corrected chi connectivity index (χ0v) is 18.0. The number of urea groups is 1. The topological polar surface area (TPSA) is 102 Å². The lowest BCUT2D eigenvalue weighted by Gasteiger charge is -2.16. The average Bonchev–Trinajstić information content (AvgIpc) is 3.36. The van der Waals surface area contributed by atoms with Crippen LogP contribution in [0.4, 0.5) is 16.2 Å². The number of ether oxygens (including phenoxy) is 1. The third kappa shape index (κ3) is 4.00. The first-order valence-corrected chi connectivity index (χ1v) is 10.2. The Morgan fingerprint density at radius 3 is 2.83 bits per heavy atom. The maximum Gasteiger partial charge on any atom is 0.323 e. The summed E-state index contributed by atoms with van der Waals surface area (Å²) in [6, 6.07) is 4.69. The normalized spacial score (nSPS) is 12.1. The molecule has 3 aromatic heterocycles. The first-order valence-electron chi connectivity index (χ1n) is 9.01. The van der Waals surface area contributed by atoms with Crippen molar-refractivity contribution in [3.8, 4) is 11.3 Å². The molecule has 10 heteroatoms. The number of oxazole rings is 1. The van der Waals surface area contributed by atoms with Gasteiger partial charge in [0.05, 0.1) is 34.2 Å². The van der Waals surface area contributed by atoms with Crippen LogP contribution in [-0.4, -0.2) is 28.1 Å². The van der Waals surface area contributed by atoms with Crippen LogP contribution in [0.2, 0.25) is 5.02 Å². The van der Waals surface area contributed by atoms with E-state index >= 15 is 0 Å². The smallest absolute Gasteiger partial charge is 0.323 e. The Morgan fingerprint density at radius 2 is 2.13 bits per heavy atom. The number of aryl methyl sites for hydroxylation is 1. The Morgan fingerprint density at radius 1 is 1.30 bits per heavy atom. The molecule has 0 aliphatic rings. The highest BCUT2D eigenvalue weighted by Crippen LogP contribution is 2.34. The maximum atomic E-state index is 12.6. The Hall–Kier alpha value is -3.01. The van der Waals surface area contributed by atoms with E-state index in [-0.39, 0.29) is 6.10 Å². The largest absolute Gasteiger partial charge is 0.443 e. The summed E-state index contributed by atoms with van der Waals surface area (Å²) in [6.45, 7) is 3.81. The van der Waals surface area contributed by atoms with Gasteiger partial charge in [-0.2, -0.15) is 0 Å². The van der Waals surface area contributed by atoms with E-state index in [1.807, 2.05) is 13.8 Å². The number of benzene rings is 1. The van der Waals surface area contributed by atoms with Crippen molar-refractivity contribution >= 4 is 50.7 Å². The molecule has 2 N–H and O–H groups in total. The van der Waals surface area contributed by atoms with Gasteiger partial charge in [-0.05, 0) is 32.0 Å². The highest BCUT2D eigenvalue weighted by atomic mass is 35.5. The number of rotatable bonds is 5. The fraction of sp³-hybridized carbons (Fsp3) is 0.200. The van der Waals surface area contributed by atoms with Crippen LogP contribution in [0.15, 0.2) is 41.4 Å². The number of hydrogen-bond acceptors (Lipinski definition) is 7. The number of carbonyl (C=O) groups excluding carboxylic acids is 1. The molecule has 0 aliphatic heterocycles. The van der Waals surface area contributed by atoms with Crippen molar-refractivity contribution < 1.29 is 13.9 Å². The minimum absolute atomic E-state index is 0.275. The van der Waals surface area contributed by atoms with Crippen LogP contribution in [0.5, 0.6) is 0 Å². The Bertz CT molecular complexity index is 1210. The number of nitrogens with one attached hydrogen (secondary N) is 2. The lowest BCUT2D eigenvalue weighted by atomic mass is 10.1. The van der Waals surface area contributed by atoms with E-state index in [1.165, 1.54) is 17.7 Å². The Balaban J connectivity index is 1.57. The van der Waals surface area contributed by atoms with Crippen LogP contribution in [0.3, 0.4) is 0 Å². The van der Waals surface area contributed by atoms with Crippen LogP contribution in [0, 0.1) is 6.92 Å². The van der Waals surface area contributed by atoms with Gasteiger partial charge in [0.2, 0.25) is 0 Å². The van der Waals surface area contributed by atoms with Gasteiger partial charge in [0.25, 0.3) is 0 Å². The first-order chi connectivity index (χ1) is 14.5. The van der Waals surface area contributed by atoms with E-state index in [4.69, 9.17) is 20.8 Å². The van der Waals surface area contributed by atoms with Crippen LogP contribution in [-0.2, 0) is 4.74 Å². The van der Waals surface area contributed by atoms with Gasteiger partial charge in [0.1, 0.15) is 10.3 Å².